The van der Waals surface area contributed by atoms with E-state index in [9.17, 15) is 4.79 Å². The van der Waals surface area contributed by atoms with Gasteiger partial charge in [-0.05, 0) is 13.0 Å². The van der Waals surface area contributed by atoms with E-state index in [2.05, 4.69) is 5.32 Å². The topological polar surface area (TPSA) is 60.0 Å². The molecule has 1 aliphatic rings. The summed E-state index contributed by atoms with van der Waals surface area (Å²) in [6.07, 6.45) is 0. The molecule has 0 aromatic carbocycles. The van der Waals surface area contributed by atoms with E-state index in [1.54, 1.807) is 6.07 Å². The molecule has 4 heteroatoms. The third-order valence-corrected chi connectivity index (χ3v) is 2.26. The predicted octanol–water partition coefficient (Wildman–Crippen LogP) is 0.122. The van der Waals surface area contributed by atoms with E-state index in [0.717, 1.165) is 12.2 Å². The number of carbonyl (C=O) groups excluding carboxylic acids is 1. The van der Waals surface area contributed by atoms with Gasteiger partial charge >= 0.3 is 0 Å². The van der Waals surface area contributed by atoms with Gasteiger partial charge in [0, 0.05) is 18.8 Å². The van der Waals surface area contributed by atoms with Crippen molar-refractivity contribution in [3.8, 4) is 0 Å². The minimum atomic E-state index is -0.0268. The number of anilines is 1. The fraction of sp³-hybridized carbons (Fsp3) is 0.375. The molecular formula is C8H11N3O. The van der Waals surface area contributed by atoms with E-state index in [-0.39, 0.29) is 5.91 Å². The first-order valence-corrected chi connectivity index (χ1v) is 3.94. The Bertz CT molecular complexity index is 340. The zero-order valence-corrected chi connectivity index (χ0v) is 6.92. The third kappa shape index (κ3) is 0.809. The van der Waals surface area contributed by atoms with E-state index >= 15 is 0 Å². The summed E-state index contributed by atoms with van der Waals surface area (Å²) in [5.74, 6) is -0.0268. The molecular weight excluding hydrogens is 154 g/mol. The van der Waals surface area contributed by atoms with Gasteiger partial charge in [-0.25, -0.2) is 0 Å². The molecule has 1 aromatic rings. The van der Waals surface area contributed by atoms with Gasteiger partial charge in [-0.2, -0.15) is 0 Å². The highest BCUT2D eigenvalue weighted by molar-refractivity contribution is 5.94. The van der Waals surface area contributed by atoms with Crippen LogP contribution in [0.1, 0.15) is 16.2 Å². The first-order valence-electron chi connectivity index (χ1n) is 3.94. The highest BCUT2D eigenvalue weighted by Gasteiger charge is 2.19. The van der Waals surface area contributed by atoms with Crippen molar-refractivity contribution in [1.82, 2.24) is 9.88 Å². The van der Waals surface area contributed by atoms with Gasteiger partial charge < -0.3 is 15.6 Å². The molecule has 2 rings (SSSR count). The maximum atomic E-state index is 11.3. The number of rotatable bonds is 0. The molecule has 12 heavy (non-hydrogen) atoms. The van der Waals surface area contributed by atoms with Crippen molar-refractivity contribution in [1.29, 1.82) is 0 Å². The van der Waals surface area contributed by atoms with Gasteiger partial charge in [-0.15, -0.1) is 0 Å². The Morgan fingerprint density at radius 3 is 3.08 bits per heavy atom. The van der Waals surface area contributed by atoms with E-state index in [1.165, 1.54) is 0 Å². The third-order valence-electron chi connectivity index (χ3n) is 2.26. The van der Waals surface area contributed by atoms with Crippen LogP contribution < -0.4 is 11.1 Å². The van der Waals surface area contributed by atoms with E-state index in [1.807, 2.05) is 11.5 Å². The smallest absolute Gasteiger partial charge is 0.268 e. The predicted molar refractivity (Wildman–Crippen MR) is 45.9 cm³/mol. The molecule has 0 fully saturated rings. The molecule has 3 N–H and O–H groups in total. The standard InChI is InChI=1S/C8H11N3O/c1-5-6(9)4-7-8(12)10-2-3-11(5)7/h4H,2-3,9H2,1H3,(H,10,12). The van der Waals surface area contributed by atoms with Crippen LogP contribution in [0.15, 0.2) is 6.07 Å². The van der Waals surface area contributed by atoms with Crippen LogP contribution in [0.5, 0.6) is 0 Å². The molecule has 0 saturated carbocycles. The van der Waals surface area contributed by atoms with E-state index < -0.39 is 0 Å². The summed E-state index contributed by atoms with van der Waals surface area (Å²) >= 11 is 0. The normalized spacial score (nSPS) is 15.6. The summed E-state index contributed by atoms with van der Waals surface area (Å²) in [6, 6.07) is 1.73. The molecule has 0 spiro atoms. The van der Waals surface area contributed by atoms with Crippen molar-refractivity contribution in [3.05, 3.63) is 17.5 Å². The van der Waals surface area contributed by atoms with Crippen molar-refractivity contribution in [3.63, 3.8) is 0 Å². The minimum Gasteiger partial charge on any atom is -0.397 e. The number of nitrogens with one attached hydrogen (secondary N) is 1. The zero-order valence-electron chi connectivity index (χ0n) is 6.92. The van der Waals surface area contributed by atoms with Crippen LogP contribution in [0.4, 0.5) is 5.69 Å². The number of amides is 1. The van der Waals surface area contributed by atoms with E-state index in [0.29, 0.717) is 17.9 Å². The number of fused-ring (bicyclic) bond motifs is 1. The molecule has 0 radical (unpaired) electrons. The van der Waals surface area contributed by atoms with Crippen molar-refractivity contribution in [2.24, 2.45) is 0 Å². The van der Waals surface area contributed by atoms with Crippen LogP contribution in [0, 0.1) is 6.92 Å². The number of aromatic nitrogens is 1. The van der Waals surface area contributed by atoms with Gasteiger partial charge in [0.15, 0.2) is 0 Å². The second-order valence-electron chi connectivity index (χ2n) is 2.98. The van der Waals surface area contributed by atoms with Gasteiger partial charge in [0.05, 0.1) is 5.69 Å². The van der Waals surface area contributed by atoms with Crippen LogP contribution in [0.3, 0.4) is 0 Å². The Balaban J connectivity index is 2.60. The molecule has 0 bridgehead atoms. The van der Waals surface area contributed by atoms with E-state index in [4.69, 9.17) is 5.73 Å². The van der Waals surface area contributed by atoms with Crippen LogP contribution in [0.2, 0.25) is 0 Å². The molecule has 2 heterocycles. The Kier molecular flexibility index (Phi) is 1.36. The van der Waals surface area contributed by atoms with Gasteiger partial charge in [-0.3, -0.25) is 4.79 Å². The summed E-state index contributed by atoms with van der Waals surface area (Å²) in [5, 5.41) is 2.76. The maximum Gasteiger partial charge on any atom is 0.268 e. The molecule has 0 atom stereocenters. The van der Waals surface area contributed by atoms with Crippen LogP contribution in [-0.4, -0.2) is 17.0 Å². The van der Waals surface area contributed by atoms with Crippen molar-refractivity contribution >= 4 is 11.6 Å². The molecule has 1 aliphatic heterocycles. The lowest BCUT2D eigenvalue weighted by atomic mass is 10.3. The maximum absolute atomic E-state index is 11.3. The fourth-order valence-corrected chi connectivity index (χ4v) is 1.51. The Morgan fingerprint density at radius 2 is 2.42 bits per heavy atom. The summed E-state index contributed by atoms with van der Waals surface area (Å²) in [6.45, 7) is 3.45. The zero-order chi connectivity index (χ0) is 8.72. The molecule has 0 unspecified atom stereocenters. The van der Waals surface area contributed by atoms with Crippen LogP contribution >= 0.6 is 0 Å². The van der Waals surface area contributed by atoms with Gasteiger partial charge in [0.1, 0.15) is 5.69 Å². The lowest BCUT2D eigenvalue weighted by molar-refractivity contribution is 0.0927. The summed E-state index contributed by atoms with van der Waals surface area (Å²) in [4.78, 5) is 11.3. The van der Waals surface area contributed by atoms with Crippen molar-refractivity contribution < 1.29 is 4.79 Å². The van der Waals surface area contributed by atoms with Crippen molar-refractivity contribution in [2.45, 2.75) is 13.5 Å². The number of nitrogens with two attached hydrogens (primary N) is 1. The molecule has 0 saturated heterocycles. The first kappa shape index (κ1) is 7.21. The number of hydrogen-bond donors (Lipinski definition) is 2. The van der Waals surface area contributed by atoms with Gasteiger partial charge in [0.25, 0.3) is 5.91 Å². The summed E-state index contributed by atoms with van der Waals surface area (Å²) < 4.78 is 1.95. The number of carbonyl (C=O) groups is 1. The average Bonchev–Trinajstić information content (AvgIpc) is 2.32. The largest absolute Gasteiger partial charge is 0.397 e. The quantitative estimate of drug-likeness (QED) is 0.573. The number of nitrogen functional groups attached to an aromatic ring is 1. The minimum absolute atomic E-state index is 0.0268. The van der Waals surface area contributed by atoms with Crippen LogP contribution in [-0.2, 0) is 6.54 Å². The Hall–Kier alpha value is -1.45. The van der Waals surface area contributed by atoms with Gasteiger partial charge in [0.2, 0.25) is 0 Å². The molecule has 1 aromatic heterocycles. The first-order chi connectivity index (χ1) is 5.70. The second kappa shape index (κ2) is 2.27. The summed E-state index contributed by atoms with van der Waals surface area (Å²) in [7, 11) is 0. The molecule has 4 nitrogen and oxygen atoms in total. The lowest BCUT2D eigenvalue weighted by Crippen LogP contribution is -2.35. The van der Waals surface area contributed by atoms with Crippen LogP contribution in [0.25, 0.3) is 0 Å². The Labute approximate surface area is 70.4 Å². The number of nitrogens with zero attached hydrogens (tertiary/aromatic N) is 1. The highest BCUT2D eigenvalue weighted by atomic mass is 16.2. The number of hydrogen-bond acceptors (Lipinski definition) is 2. The lowest BCUT2D eigenvalue weighted by Gasteiger charge is -2.16. The fourth-order valence-electron chi connectivity index (χ4n) is 1.51. The highest BCUT2D eigenvalue weighted by Crippen LogP contribution is 2.18. The SMILES string of the molecule is Cc1c(N)cc2n1CCNC2=O. The summed E-state index contributed by atoms with van der Waals surface area (Å²) in [5.41, 5.74) is 8.04. The Morgan fingerprint density at radius 1 is 1.67 bits per heavy atom. The van der Waals surface area contributed by atoms with Crippen molar-refractivity contribution in [2.75, 3.05) is 12.3 Å². The average molecular weight is 165 g/mol. The monoisotopic (exact) mass is 165 g/mol. The molecule has 64 valence electrons. The van der Waals surface area contributed by atoms with Gasteiger partial charge in [-0.1, -0.05) is 0 Å². The molecule has 0 aliphatic carbocycles. The molecule has 1 amide bonds. The second-order valence-corrected chi connectivity index (χ2v) is 2.98.